The number of hydrogen-bond donors (Lipinski definition) is 1. The van der Waals surface area contributed by atoms with Crippen molar-refractivity contribution in [3.05, 3.63) is 35.4 Å². The molecule has 3 aliphatic rings. The van der Waals surface area contributed by atoms with Crippen molar-refractivity contribution >= 4 is 0 Å². The molecule has 1 heterocycles. The Kier molecular flexibility index (Phi) is 2.57. The molecule has 0 amide bonds. The van der Waals surface area contributed by atoms with Crippen molar-refractivity contribution in [1.82, 2.24) is 5.32 Å². The van der Waals surface area contributed by atoms with Crippen molar-refractivity contribution in [2.24, 2.45) is 11.3 Å². The summed E-state index contributed by atoms with van der Waals surface area (Å²) in [6.07, 6.45) is 8.36. The van der Waals surface area contributed by atoms with Crippen LogP contribution >= 0.6 is 0 Å². The van der Waals surface area contributed by atoms with Crippen LogP contribution in [-0.4, -0.2) is 13.1 Å². The Balaban J connectivity index is 1.96. The quantitative estimate of drug-likeness (QED) is 0.746. The Morgan fingerprint density at radius 1 is 1.11 bits per heavy atom. The molecule has 0 aromatic heterocycles. The van der Waals surface area contributed by atoms with E-state index < -0.39 is 0 Å². The van der Waals surface area contributed by atoms with Gasteiger partial charge in [-0.25, -0.2) is 0 Å². The molecule has 19 heavy (non-hydrogen) atoms. The number of rotatable bonds is 0. The average molecular weight is 255 g/mol. The second-order valence-corrected chi connectivity index (χ2v) is 7.22. The fourth-order valence-corrected chi connectivity index (χ4v) is 5.56. The maximum atomic E-state index is 3.73. The van der Waals surface area contributed by atoms with Gasteiger partial charge in [-0.15, -0.1) is 0 Å². The Morgan fingerprint density at radius 3 is 2.89 bits per heavy atom. The fourth-order valence-electron chi connectivity index (χ4n) is 5.56. The SMILES string of the molecule is CC12CCCC[C@]13CCNC[C@H]2Cc1ccccc13. The second-order valence-electron chi connectivity index (χ2n) is 7.22. The predicted octanol–water partition coefficient (Wildman–Crippen LogP) is 3.67. The third kappa shape index (κ3) is 1.45. The van der Waals surface area contributed by atoms with Crippen LogP contribution in [0.25, 0.3) is 0 Å². The lowest BCUT2D eigenvalue weighted by atomic mass is 9.45. The van der Waals surface area contributed by atoms with Crippen LogP contribution in [-0.2, 0) is 11.8 Å². The maximum absolute atomic E-state index is 3.73. The van der Waals surface area contributed by atoms with Gasteiger partial charge in [-0.05, 0) is 61.2 Å². The minimum absolute atomic E-state index is 0.467. The Hall–Kier alpha value is -0.820. The normalized spacial score (nSPS) is 41.0. The van der Waals surface area contributed by atoms with Gasteiger partial charge < -0.3 is 5.32 Å². The molecular weight excluding hydrogens is 230 g/mol. The van der Waals surface area contributed by atoms with Gasteiger partial charge in [0.15, 0.2) is 0 Å². The molecular formula is C18H25N. The van der Waals surface area contributed by atoms with Crippen LogP contribution in [0.5, 0.6) is 0 Å². The first-order valence-electron chi connectivity index (χ1n) is 8.05. The standard InChI is InChI=1S/C18H25N/c1-17-8-4-5-9-18(17)10-11-19-13-15(17)12-14-6-2-3-7-16(14)18/h2-3,6-7,15,19H,4-5,8-13H2,1H3/t15-,17?,18-/m1/s1. The van der Waals surface area contributed by atoms with Crippen LogP contribution < -0.4 is 5.32 Å². The Bertz CT molecular complexity index is 494. The number of fused-ring (bicyclic) bond motifs is 1. The van der Waals surface area contributed by atoms with Crippen LogP contribution in [0.1, 0.15) is 50.2 Å². The third-order valence-corrected chi connectivity index (χ3v) is 6.66. The van der Waals surface area contributed by atoms with E-state index in [1.165, 1.54) is 51.6 Å². The molecule has 2 aliphatic carbocycles. The highest BCUT2D eigenvalue weighted by molar-refractivity contribution is 5.41. The van der Waals surface area contributed by atoms with Gasteiger partial charge in [0.05, 0.1) is 0 Å². The van der Waals surface area contributed by atoms with Gasteiger partial charge in [-0.3, -0.25) is 0 Å². The highest BCUT2D eigenvalue weighted by Crippen LogP contribution is 2.62. The molecule has 1 nitrogen and oxygen atoms in total. The van der Waals surface area contributed by atoms with Crippen molar-refractivity contribution < 1.29 is 0 Å². The molecule has 1 N–H and O–H groups in total. The molecule has 1 aromatic carbocycles. The van der Waals surface area contributed by atoms with Crippen molar-refractivity contribution in [3.8, 4) is 0 Å². The zero-order chi connectivity index (χ0) is 12.9. The fraction of sp³-hybridized carbons (Fsp3) is 0.667. The van der Waals surface area contributed by atoms with E-state index in [0.29, 0.717) is 10.8 Å². The summed E-state index contributed by atoms with van der Waals surface area (Å²) in [5.41, 5.74) is 4.35. The van der Waals surface area contributed by atoms with Crippen molar-refractivity contribution in [3.63, 3.8) is 0 Å². The number of hydrogen-bond acceptors (Lipinski definition) is 1. The van der Waals surface area contributed by atoms with E-state index in [1.807, 2.05) is 0 Å². The zero-order valence-electron chi connectivity index (χ0n) is 12.0. The average Bonchev–Trinajstić information content (AvgIpc) is 2.52. The van der Waals surface area contributed by atoms with E-state index in [1.54, 1.807) is 11.1 Å². The lowest BCUT2D eigenvalue weighted by Crippen LogP contribution is -2.54. The van der Waals surface area contributed by atoms with Gasteiger partial charge in [0.1, 0.15) is 0 Å². The smallest absolute Gasteiger partial charge is 0.00247 e. The van der Waals surface area contributed by atoms with Gasteiger partial charge >= 0.3 is 0 Å². The van der Waals surface area contributed by atoms with Gasteiger partial charge in [0.25, 0.3) is 0 Å². The number of nitrogens with one attached hydrogen (secondary N) is 1. The van der Waals surface area contributed by atoms with E-state index in [-0.39, 0.29) is 0 Å². The molecule has 1 saturated carbocycles. The number of benzene rings is 1. The molecule has 1 aromatic rings. The zero-order valence-corrected chi connectivity index (χ0v) is 12.0. The topological polar surface area (TPSA) is 12.0 Å². The van der Waals surface area contributed by atoms with E-state index >= 15 is 0 Å². The molecule has 102 valence electrons. The monoisotopic (exact) mass is 255 g/mol. The maximum Gasteiger partial charge on any atom is 0.00247 e. The van der Waals surface area contributed by atoms with Crippen LogP contribution in [0.3, 0.4) is 0 Å². The van der Waals surface area contributed by atoms with Crippen molar-refractivity contribution in [2.75, 3.05) is 13.1 Å². The lowest BCUT2D eigenvalue weighted by Gasteiger charge is -2.58. The second kappa shape index (κ2) is 4.09. The summed E-state index contributed by atoms with van der Waals surface area (Å²) in [5, 5.41) is 3.73. The van der Waals surface area contributed by atoms with Gasteiger partial charge in [0, 0.05) is 5.41 Å². The van der Waals surface area contributed by atoms with E-state index in [4.69, 9.17) is 0 Å². The predicted molar refractivity (Wildman–Crippen MR) is 79.4 cm³/mol. The molecule has 2 fully saturated rings. The summed E-state index contributed by atoms with van der Waals surface area (Å²) in [4.78, 5) is 0. The molecule has 1 unspecified atom stereocenters. The van der Waals surface area contributed by atoms with Gasteiger partial charge in [0.2, 0.25) is 0 Å². The first-order chi connectivity index (χ1) is 9.26. The van der Waals surface area contributed by atoms with Gasteiger partial charge in [-0.2, -0.15) is 0 Å². The van der Waals surface area contributed by atoms with Crippen LogP contribution in [0, 0.1) is 11.3 Å². The van der Waals surface area contributed by atoms with Gasteiger partial charge in [-0.1, -0.05) is 44.0 Å². The molecule has 0 radical (unpaired) electrons. The third-order valence-electron chi connectivity index (χ3n) is 6.66. The first-order valence-corrected chi connectivity index (χ1v) is 8.05. The summed E-state index contributed by atoms with van der Waals surface area (Å²) in [6.45, 7) is 5.05. The molecule has 1 saturated heterocycles. The van der Waals surface area contributed by atoms with Crippen molar-refractivity contribution in [2.45, 2.75) is 50.9 Å². The van der Waals surface area contributed by atoms with Crippen LogP contribution in [0.2, 0.25) is 0 Å². The summed E-state index contributed by atoms with van der Waals surface area (Å²) in [5.74, 6) is 0.838. The van der Waals surface area contributed by atoms with Crippen LogP contribution in [0.4, 0.5) is 0 Å². The molecule has 1 heteroatoms. The first kappa shape index (κ1) is 12.0. The molecule has 2 bridgehead atoms. The largest absolute Gasteiger partial charge is 0.316 e. The highest BCUT2D eigenvalue weighted by atomic mass is 14.9. The van der Waals surface area contributed by atoms with E-state index in [0.717, 1.165) is 5.92 Å². The molecule has 0 spiro atoms. The Labute approximate surface area is 116 Å². The van der Waals surface area contributed by atoms with E-state index in [2.05, 4.69) is 36.5 Å². The Morgan fingerprint density at radius 2 is 1.95 bits per heavy atom. The summed E-state index contributed by atoms with van der Waals surface area (Å²) in [6, 6.07) is 9.34. The highest BCUT2D eigenvalue weighted by Gasteiger charge is 2.57. The summed E-state index contributed by atoms with van der Waals surface area (Å²) < 4.78 is 0. The molecule has 3 atom stereocenters. The molecule has 1 aliphatic heterocycles. The molecule has 4 rings (SSSR count). The minimum atomic E-state index is 0.467. The summed E-state index contributed by atoms with van der Waals surface area (Å²) >= 11 is 0. The van der Waals surface area contributed by atoms with Crippen LogP contribution in [0.15, 0.2) is 24.3 Å². The summed E-state index contributed by atoms with van der Waals surface area (Å²) in [7, 11) is 0. The van der Waals surface area contributed by atoms with Crippen molar-refractivity contribution in [1.29, 1.82) is 0 Å². The minimum Gasteiger partial charge on any atom is -0.316 e. The lowest BCUT2D eigenvalue weighted by molar-refractivity contribution is 0.00620. The van der Waals surface area contributed by atoms with E-state index in [9.17, 15) is 0 Å².